The highest BCUT2D eigenvalue weighted by Gasteiger charge is 2.15. The maximum atomic E-state index is 11.0. The second-order valence-corrected chi connectivity index (χ2v) is 11.2. The Labute approximate surface area is 268 Å². The van der Waals surface area contributed by atoms with E-state index in [1.54, 1.807) is 12.1 Å². The molecule has 0 aliphatic rings. The van der Waals surface area contributed by atoms with E-state index < -0.39 is 0 Å². The van der Waals surface area contributed by atoms with Gasteiger partial charge in [0.05, 0.1) is 4.92 Å². The van der Waals surface area contributed by atoms with Gasteiger partial charge in [-0.2, -0.15) is 0 Å². The highest BCUT2D eigenvalue weighted by atomic mass is 16.6. The third-order valence-electron chi connectivity index (χ3n) is 8.36. The van der Waals surface area contributed by atoms with Gasteiger partial charge in [-0.25, -0.2) is 0 Å². The van der Waals surface area contributed by atoms with Crippen molar-refractivity contribution in [2.24, 2.45) is 0 Å². The summed E-state index contributed by atoms with van der Waals surface area (Å²) >= 11 is 0. The molecule has 5 nitrogen and oxygen atoms in total. The van der Waals surface area contributed by atoms with Crippen LogP contribution in [0.1, 0.15) is 0 Å². The van der Waals surface area contributed by atoms with Gasteiger partial charge in [-0.1, -0.05) is 97.1 Å². The van der Waals surface area contributed by atoms with Gasteiger partial charge in [-0.3, -0.25) is 10.1 Å². The van der Waals surface area contributed by atoms with E-state index >= 15 is 0 Å². The fraction of sp³-hybridized carbons (Fsp3) is 0.0244. The second kappa shape index (κ2) is 12.4. The largest absolute Gasteiger partial charge is 0.345 e. The maximum absolute atomic E-state index is 11.0. The van der Waals surface area contributed by atoms with E-state index in [0.29, 0.717) is 0 Å². The molecule has 0 amide bonds. The van der Waals surface area contributed by atoms with Crippen LogP contribution in [0.15, 0.2) is 170 Å². The summed E-state index contributed by atoms with van der Waals surface area (Å²) in [5, 5.41) is 13.4. The van der Waals surface area contributed by atoms with E-state index in [4.69, 9.17) is 0 Å². The van der Waals surface area contributed by atoms with Gasteiger partial charge >= 0.3 is 0 Å². The minimum atomic E-state index is -0.382. The van der Waals surface area contributed by atoms with Crippen molar-refractivity contribution in [2.75, 3.05) is 16.8 Å². The van der Waals surface area contributed by atoms with Crippen molar-refractivity contribution in [1.29, 1.82) is 0 Å². The molecule has 0 spiro atoms. The Morgan fingerprint density at radius 1 is 0.435 bits per heavy atom. The van der Waals surface area contributed by atoms with Crippen molar-refractivity contribution in [3.05, 3.63) is 180 Å². The summed E-state index contributed by atoms with van der Waals surface area (Å²) in [6.45, 7) is 0. The molecule has 0 aliphatic carbocycles. The predicted molar refractivity (Wildman–Crippen MR) is 191 cm³/mol. The van der Waals surface area contributed by atoms with E-state index in [-0.39, 0.29) is 10.6 Å². The average Bonchev–Trinajstić information content (AvgIpc) is 3.12. The summed E-state index contributed by atoms with van der Waals surface area (Å²) in [6, 6.07) is 57.9. The van der Waals surface area contributed by atoms with Crippen molar-refractivity contribution >= 4 is 44.9 Å². The quantitative estimate of drug-likeness (QED) is 0.129. The van der Waals surface area contributed by atoms with Crippen molar-refractivity contribution in [2.45, 2.75) is 0 Å². The van der Waals surface area contributed by atoms with Gasteiger partial charge in [0.15, 0.2) is 0 Å². The Balaban J connectivity index is 1.20. The Bertz CT molecular complexity index is 2130. The lowest BCUT2D eigenvalue weighted by atomic mass is 10.0. The first-order valence-corrected chi connectivity index (χ1v) is 15.2. The Hall–Kier alpha value is -6.20. The number of fused-ring (bicyclic) bond motifs is 1. The minimum Gasteiger partial charge on any atom is -0.345 e. The predicted octanol–water partition coefficient (Wildman–Crippen LogP) is 11.3. The van der Waals surface area contributed by atoms with Crippen molar-refractivity contribution in [1.82, 2.24) is 0 Å². The number of benzene rings is 7. The summed E-state index contributed by atoms with van der Waals surface area (Å²) in [4.78, 5) is 15.0. The lowest BCUT2D eigenvalue weighted by Gasteiger charge is -2.26. The molecule has 0 unspecified atom stereocenters. The number of rotatable bonds is 8. The number of hydrogen-bond acceptors (Lipinski definition) is 4. The van der Waals surface area contributed by atoms with Gasteiger partial charge in [0, 0.05) is 47.6 Å². The zero-order valence-electron chi connectivity index (χ0n) is 25.3. The monoisotopic (exact) mass is 597 g/mol. The number of nitrogens with zero attached hydrogens (tertiary/aromatic N) is 3. The van der Waals surface area contributed by atoms with Gasteiger partial charge in [-0.15, -0.1) is 0 Å². The van der Waals surface area contributed by atoms with Crippen LogP contribution < -0.4 is 9.80 Å². The lowest BCUT2D eigenvalue weighted by molar-refractivity contribution is -0.384. The first kappa shape index (κ1) is 28.6. The van der Waals surface area contributed by atoms with E-state index in [2.05, 4.69) is 144 Å². The molecule has 222 valence electrons. The number of nitro benzene ring substituents is 1. The third kappa shape index (κ3) is 5.82. The molecule has 7 rings (SSSR count). The normalized spacial score (nSPS) is 10.9. The molecule has 0 saturated carbocycles. The summed E-state index contributed by atoms with van der Waals surface area (Å²) < 4.78 is 0. The molecular formula is C41H31N3O2. The molecule has 0 N–H and O–H groups in total. The Morgan fingerprint density at radius 3 is 1.59 bits per heavy atom. The molecule has 0 heterocycles. The third-order valence-corrected chi connectivity index (χ3v) is 8.36. The smallest absolute Gasteiger partial charge is 0.269 e. The minimum absolute atomic E-state index is 0.0824. The lowest BCUT2D eigenvalue weighted by Crippen LogP contribution is -2.10. The summed E-state index contributed by atoms with van der Waals surface area (Å²) in [6.07, 6.45) is 0. The van der Waals surface area contributed by atoms with Crippen LogP contribution in [0.25, 0.3) is 33.0 Å². The van der Waals surface area contributed by atoms with Crippen LogP contribution in [0.4, 0.5) is 34.1 Å². The summed E-state index contributed by atoms with van der Waals surface area (Å²) in [5.74, 6) is 0. The molecule has 0 saturated heterocycles. The maximum Gasteiger partial charge on any atom is 0.269 e. The molecule has 46 heavy (non-hydrogen) atoms. The highest BCUT2D eigenvalue weighted by molar-refractivity contribution is 5.90. The first-order chi connectivity index (χ1) is 22.5. The fourth-order valence-corrected chi connectivity index (χ4v) is 5.85. The van der Waals surface area contributed by atoms with Crippen molar-refractivity contribution in [3.8, 4) is 22.3 Å². The number of non-ortho nitro benzene ring substituents is 1. The molecule has 0 fully saturated rings. The summed E-state index contributed by atoms with van der Waals surface area (Å²) in [7, 11) is 1.96. The van der Waals surface area contributed by atoms with Gasteiger partial charge in [0.1, 0.15) is 0 Å². The zero-order chi connectivity index (χ0) is 31.5. The van der Waals surface area contributed by atoms with E-state index in [9.17, 15) is 10.1 Å². The van der Waals surface area contributed by atoms with Gasteiger partial charge < -0.3 is 9.80 Å². The van der Waals surface area contributed by atoms with Crippen LogP contribution >= 0.6 is 0 Å². The number of anilines is 5. The Kier molecular flexibility index (Phi) is 7.71. The van der Waals surface area contributed by atoms with Crippen molar-refractivity contribution in [3.63, 3.8) is 0 Å². The van der Waals surface area contributed by atoms with E-state index in [1.165, 1.54) is 34.0 Å². The molecule has 5 heteroatoms. The zero-order valence-corrected chi connectivity index (χ0v) is 25.3. The molecule has 0 bridgehead atoms. The van der Waals surface area contributed by atoms with Crippen LogP contribution in [0.2, 0.25) is 0 Å². The van der Waals surface area contributed by atoms with E-state index in [0.717, 1.165) is 39.6 Å². The van der Waals surface area contributed by atoms with Crippen molar-refractivity contribution < 1.29 is 4.92 Å². The second-order valence-electron chi connectivity index (χ2n) is 11.2. The highest BCUT2D eigenvalue weighted by Crippen LogP contribution is 2.39. The summed E-state index contributed by atoms with van der Waals surface area (Å²) in [5.41, 5.74) is 9.78. The van der Waals surface area contributed by atoms with Crippen LogP contribution in [0, 0.1) is 10.1 Å². The van der Waals surface area contributed by atoms with Crippen LogP contribution in [-0.2, 0) is 0 Å². The van der Waals surface area contributed by atoms with Gasteiger partial charge in [0.2, 0.25) is 0 Å². The number of nitro groups is 1. The molecule has 7 aromatic carbocycles. The molecule has 7 aromatic rings. The van der Waals surface area contributed by atoms with Crippen LogP contribution in [-0.4, -0.2) is 12.0 Å². The van der Waals surface area contributed by atoms with Gasteiger partial charge in [0.25, 0.3) is 5.69 Å². The van der Waals surface area contributed by atoms with Crippen LogP contribution in [0.5, 0.6) is 0 Å². The SMILES string of the molecule is CN(c1ccc(-c2ccc(N(c3cccc(-c4ccccc4)c3)c3ccc4ccccc4c3)cc2)cc1)c1ccc([N+](=O)[O-])cc1. The number of hydrogen-bond donors (Lipinski definition) is 0. The first-order valence-electron chi connectivity index (χ1n) is 15.2. The van der Waals surface area contributed by atoms with E-state index in [1.807, 2.05) is 18.0 Å². The average molecular weight is 598 g/mol. The standard InChI is InChI=1S/C41H31N3O2/c1-42(37-24-26-39(27-25-37)44(45)46)36-19-14-32(15-20-36)33-16-21-38(22-17-33)43(41-23-18-31-10-5-6-11-34(31)29-41)40-13-7-12-35(28-40)30-8-3-2-4-9-30/h2-29H,1H3. The molecule has 0 aromatic heterocycles. The van der Waals surface area contributed by atoms with Crippen LogP contribution in [0.3, 0.4) is 0 Å². The fourth-order valence-electron chi connectivity index (χ4n) is 5.85. The van der Waals surface area contributed by atoms with Gasteiger partial charge in [-0.05, 0) is 93.7 Å². The topological polar surface area (TPSA) is 49.6 Å². The molecular weight excluding hydrogens is 566 g/mol. The molecule has 0 aliphatic heterocycles. The molecule has 0 radical (unpaired) electrons. The molecule has 0 atom stereocenters. The Morgan fingerprint density at radius 2 is 0.935 bits per heavy atom.